The standard InChI is InChI=1S/C17H10Cl3N3O5S/c1-28-14(24)7-22-15-11(20)5-9(19)6-13(15)29-17(22)21-16(25)10-4-8(18)2-3-12(10)23(26)27/h2-6H,7H2,1H3. The molecule has 3 aromatic rings. The monoisotopic (exact) mass is 473 g/mol. The number of halogens is 3. The van der Waals surface area contributed by atoms with Crippen LogP contribution in [0.5, 0.6) is 0 Å². The lowest BCUT2D eigenvalue weighted by Crippen LogP contribution is -2.22. The van der Waals surface area contributed by atoms with Crippen molar-refractivity contribution in [3.8, 4) is 0 Å². The number of nitro groups is 1. The van der Waals surface area contributed by atoms with E-state index in [0.29, 0.717) is 15.2 Å². The summed E-state index contributed by atoms with van der Waals surface area (Å²) in [7, 11) is 1.22. The third kappa shape index (κ3) is 4.43. The van der Waals surface area contributed by atoms with Gasteiger partial charge in [-0.3, -0.25) is 19.7 Å². The van der Waals surface area contributed by atoms with Gasteiger partial charge in [-0.25, -0.2) is 0 Å². The van der Waals surface area contributed by atoms with E-state index in [0.717, 1.165) is 23.5 Å². The molecule has 1 heterocycles. The Morgan fingerprint density at radius 2 is 1.93 bits per heavy atom. The smallest absolute Gasteiger partial charge is 0.325 e. The van der Waals surface area contributed by atoms with Gasteiger partial charge in [0.05, 0.1) is 27.3 Å². The third-order valence-corrected chi connectivity index (χ3v) is 5.56. The maximum Gasteiger partial charge on any atom is 0.325 e. The summed E-state index contributed by atoms with van der Waals surface area (Å²) in [5, 5.41) is 12.0. The first kappa shape index (κ1) is 21.3. The van der Waals surface area contributed by atoms with Crippen molar-refractivity contribution in [2.75, 3.05) is 7.11 Å². The highest BCUT2D eigenvalue weighted by molar-refractivity contribution is 7.16. The molecule has 1 aromatic heterocycles. The second-order valence-electron chi connectivity index (χ2n) is 5.62. The summed E-state index contributed by atoms with van der Waals surface area (Å²) in [6.45, 7) is -0.276. The number of carbonyl (C=O) groups excluding carboxylic acids is 2. The fourth-order valence-corrected chi connectivity index (χ4v) is 4.52. The molecule has 0 aliphatic carbocycles. The zero-order valence-electron chi connectivity index (χ0n) is 14.5. The van der Waals surface area contributed by atoms with E-state index in [1.165, 1.54) is 23.8 Å². The minimum Gasteiger partial charge on any atom is -0.468 e. The Morgan fingerprint density at radius 1 is 1.21 bits per heavy atom. The number of ether oxygens (including phenoxy) is 1. The molecule has 0 aliphatic heterocycles. The SMILES string of the molecule is COC(=O)Cn1c(=NC(=O)c2cc(Cl)ccc2[N+](=O)[O-])sc2cc(Cl)cc(Cl)c21. The molecule has 1 amide bonds. The molecular formula is C17H10Cl3N3O5S. The number of aromatic nitrogens is 1. The van der Waals surface area contributed by atoms with E-state index in [2.05, 4.69) is 9.73 Å². The molecule has 29 heavy (non-hydrogen) atoms. The van der Waals surface area contributed by atoms with E-state index in [9.17, 15) is 19.7 Å². The lowest BCUT2D eigenvalue weighted by molar-refractivity contribution is -0.385. The van der Waals surface area contributed by atoms with Crippen LogP contribution in [0.1, 0.15) is 10.4 Å². The number of hydrogen-bond donors (Lipinski definition) is 0. The number of carbonyl (C=O) groups is 2. The van der Waals surface area contributed by atoms with Crippen LogP contribution in [0.15, 0.2) is 35.3 Å². The molecule has 2 aromatic carbocycles. The van der Waals surface area contributed by atoms with Crippen LogP contribution in [-0.2, 0) is 16.1 Å². The first-order chi connectivity index (χ1) is 13.7. The van der Waals surface area contributed by atoms with Crippen molar-refractivity contribution in [1.82, 2.24) is 4.57 Å². The highest BCUT2D eigenvalue weighted by Crippen LogP contribution is 2.30. The van der Waals surface area contributed by atoms with E-state index in [1.807, 2.05) is 0 Å². The number of fused-ring (bicyclic) bond motifs is 1. The number of rotatable bonds is 4. The van der Waals surface area contributed by atoms with Gasteiger partial charge in [-0.15, -0.1) is 0 Å². The molecule has 0 unspecified atom stereocenters. The Balaban J connectivity index is 2.25. The largest absolute Gasteiger partial charge is 0.468 e. The fraction of sp³-hybridized carbons (Fsp3) is 0.118. The van der Waals surface area contributed by atoms with Crippen molar-refractivity contribution in [2.45, 2.75) is 6.54 Å². The second-order valence-corrected chi connectivity index (χ2v) is 7.91. The van der Waals surface area contributed by atoms with Crippen LogP contribution in [0.3, 0.4) is 0 Å². The van der Waals surface area contributed by atoms with Crippen molar-refractivity contribution in [2.24, 2.45) is 4.99 Å². The minimum atomic E-state index is -0.897. The lowest BCUT2D eigenvalue weighted by Gasteiger charge is -2.05. The van der Waals surface area contributed by atoms with Crippen LogP contribution in [0.4, 0.5) is 5.69 Å². The van der Waals surface area contributed by atoms with E-state index < -0.39 is 22.5 Å². The average Bonchev–Trinajstić information content (AvgIpc) is 2.98. The number of esters is 1. The van der Waals surface area contributed by atoms with Gasteiger partial charge in [-0.2, -0.15) is 4.99 Å². The van der Waals surface area contributed by atoms with Crippen LogP contribution >= 0.6 is 46.1 Å². The molecule has 0 bridgehead atoms. The summed E-state index contributed by atoms with van der Waals surface area (Å²) >= 11 is 19.2. The van der Waals surface area contributed by atoms with E-state index in [4.69, 9.17) is 34.8 Å². The predicted molar refractivity (Wildman–Crippen MR) is 110 cm³/mol. The number of amides is 1. The van der Waals surface area contributed by atoms with Gasteiger partial charge >= 0.3 is 5.97 Å². The van der Waals surface area contributed by atoms with Crippen molar-refractivity contribution in [3.05, 3.63) is 65.9 Å². The molecule has 3 rings (SSSR count). The molecule has 0 spiro atoms. The first-order valence-corrected chi connectivity index (χ1v) is 9.74. The van der Waals surface area contributed by atoms with Crippen molar-refractivity contribution in [3.63, 3.8) is 0 Å². The highest BCUT2D eigenvalue weighted by atomic mass is 35.5. The van der Waals surface area contributed by atoms with Crippen molar-refractivity contribution >= 4 is 73.9 Å². The number of hydrogen-bond acceptors (Lipinski definition) is 6. The predicted octanol–water partition coefficient (Wildman–Crippen LogP) is 4.49. The maximum atomic E-state index is 12.7. The quantitative estimate of drug-likeness (QED) is 0.315. The van der Waals surface area contributed by atoms with Crippen molar-refractivity contribution < 1.29 is 19.2 Å². The van der Waals surface area contributed by atoms with Crippen molar-refractivity contribution in [1.29, 1.82) is 0 Å². The lowest BCUT2D eigenvalue weighted by atomic mass is 10.2. The first-order valence-electron chi connectivity index (χ1n) is 7.79. The molecule has 8 nitrogen and oxygen atoms in total. The van der Waals surface area contributed by atoms with Crippen LogP contribution in [0, 0.1) is 10.1 Å². The van der Waals surface area contributed by atoms with Gasteiger partial charge in [0.25, 0.3) is 11.6 Å². The Bertz CT molecular complexity index is 1240. The minimum absolute atomic E-state index is 0.0915. The normalized spacial score (nSPS) is 11.7. The molecular weight excluding hydrogens is 465 g/mol. The van der Waals surface area contributed by atoms with Gasteiger partial charge in [0.1, 0.15) is 12.1 Å². The summed E-state index contributed by atoms with van der Waals surface area (Å²) in [4.78, 5) is 39.2. The Kier molecular flexibility index (Phi) is 6.23. The number of benzene rings is 2. The van der Waals surface area contributed by atoms with Gasteiger partial charge in [-0.1, -0.05) is 46.1 Å². The summed E-state index contributed by atoms with van der Waals surface area (Å²) in [5.74, 6) is -1.50. The number of thiazole rings is 1. The summed E-state index contributed by atoms with van der Waals surface area (Å²) < 4.78 is 6.65. The fourth-order valence-electron chi connectivity index (χ4n) is 2.54. The zero-order chi connectivity index (χ0) is 21.3. The molecule has 0 fully saturated rings. The molecule has 0 atom stereocenters. The molecule has 0 aliphatic rings. The van der Waals surface area contributed by atoms with E-state index >= 15 is 0 Å². The Morgan fingerprint density at radius 3 is 2.59 bits per heavy atom. The Labute approximate surface area is 182 Å². The molecule has 0 radical (unpaired) electrons. The van der Waals surface area contributed by atoms with Gasteiger partial charge in [0.2, 0.25) is 0 Å². The zero-order valence-corrected chi connectivity index (χ0v) is 17.6. The van der Waals surface area contributed by atoms with E-state index in [-0.39, 0.29) is 27.0 Å². The topological polar surface area (TPSA) is 104 Å². The van der Waals surface area contributed by atoms with Gasteiger partial charge in [0, 0.05) is 16.1 Å². The number of nitro benzene ring substituents is 1. The van der Waals surface area contributed by atoms with E-state index in [1.54, 1.807) is 6.07 Å². The average molecular weight is 475 g/mol. The molecule has 0 N–H and O–H groups in total. The molecule has 12 heteroatoms. The van der Waals surface area contributed by atoms with Gasteiger partial charge in [0.15, 0.2) is 4.80 Å². The molecule has 0 saturated heterocycles. The molecule has 0 saturated carbocycles. The van der Waals surface area contributed by atoms with Crippen LogP contribution in [0.2, 0.25) is 15.1 Å². The number of methoxy groups -OCH3 is 1. The maximum absolute atomic E-state index is 12.7. The highest BCUT2D eigenvalue weighted by Gasteiger charge is 2.21. The molecule has 150 valence electrons. The van der Waals surface area contributed by atoms with Crippen LogP contribution in [-0.4, -0.2) is 28.5 Å². The second kappa shape index (κ2) is 8.50. The van der Waals surface area contributed by atoms with Crippen LogP contribution < -0.4 is 4.80 Å². The van der Waals surface area contributed by atoms with Gasteiger partial charge in [-0.05, 0) is 24.3 Å². The number of nitrogens with zero attached hydrogens (tertiary/aromatic N) is 3. The summed E-state index contributed by atoms with van der Waals surface area (Å²) in [6.07, 6.45) is 0. The van der Waals surface area contributed by atoms with Gasteiger partial charge < -0.3 is 9.30 Å². The van der Waals surface area contributed by atoms with Crippen LogP contribution in [0.25, 0.3) is 10.2 Å². The Hall–Kier alpha value is -2.46. The summed E-state index contributed by atoms with van der Waals surface area (Å²) in [6, 6.07) is 6.67. The summed E-state index contributed by atoms with van der Waals surface area (Å²) in [5.41, 5.74) is -0.294. The third-order valence-electron chi connectivity index (χ3n) is 3.79.